The van der Waals surface area contributed by atoms with Gasteiger partial charge in [-0.05, 0) is 53.1 Å². The summed E-state index contributed by atoms with van der Waals surface area (Å²) < 4.78 is 12.8. The van der Waals surface area contributed by atoms with Crippen molar-refractivity contribution >= 4 is 43.9 Å². The van der Waals surface area contributed by atoms with Crippen LogP contribution in [0.5, 0.6) is 0 Å². The summed E-state index contributed by atoms with van der Waals surface area (Å²) in [5.74, 6) is 1.90. The highest BCUT2D eigenvalue weighted by molar-refractivity contribution is 6.11. The maximum Gasteiger partial charge on any atom is 0.164 e. The van der Waals surface area contributed by atoms with Crippen molar-refractivity contribution in [2.24, 2.45) is 0 Å². The Kier molecular flexibility index (Phi) is 6.42. The highest BCUT2D eigenvalue weighted by Crippen LogP contribution is 2.39. The monoisotopic (exact) mass is 641 g/mol. The molecule has 0 spiro atoms. The van der Waals surface area contributed by atoms with Gasteiger partial charge in [0.15, 0.2) is 17.5 Å². The molecule has 234 valence electrons. The molecule has 0 radical (unpaired) electrons. The summed E-state index contributed by atoms with van der Waals surface area (Å²) in [6.07, 6.45) is 0. The lowest BCUT2D eigenvalue weighted by molar-refractivity contribution is 0.668. The van der Waals surface area contributed by atoms with Gasteiger partial charge in [0.1, 0.15) is 22.3 Å². The van der Waals surface area contributed by atoms with Gasteiger partial charge in [0, 0.05) is 43.8 Å². The van der Waals surface area contributed by atoms with Crippen molar-refractivity contribution in [2.45, 2.75) is 0 Å². The Morgan fingerprint density at radius 3 is 1.64 bits per heavy atom. The summed E-state index contributed by atoms with van der Waals surface area (Å²) in [5.41, 5.74) is 10.5. The van der Waals surface area contributed by atoms with E-state index in [0.717, 1.165) is 82.8 Å². The van der Waals surface area contributed by atoms with Gasteiger partial charge in [0.25, 0.3) is 0 Å². The number of benzene rings is 7. The highest BCUT2D eigenvalue weighted by Gasteiger charge is 2.16. The van der Waals surface area contributed by atoms with Crippen LogP contribution in [0, 0.1) is 0 Å². The highest BCUT2D eigenvalue weighted by atomic mass is 16.3. The van der Waals surface area contributed by atoms with E-state index in [1.54, 1.807) is 0 Å². The second-order valence-electron chi connectivity index (χ2n) is 12.4. The molecule has 5 nitrogen and oxygen atoms in total. The van der Waals surface area contributed by atoms with E-state index in [1.165, 1.54) is 0 Å². The van der Waals surface area contributed by atoms with Crippen LogP contribution in [0.2, 0.25) is 0 Å². The van der Waals surface area contributed by atoms with Gasteiger partial charge >= 0.3 is 0 Å². The second-order valence-corrected chi connectivity index (χ2v) is 12.4. The fraction of sp³-hybridized carbons (Fsp3) is 0. The molecule has 0 fully saturated rings. The molecule has 7 aromatic carbocycles. The van der Waals surface area contributed by atoms with Crippen molar-refractivity contribution in [3.63, 3.8) is 0 Å². The molecule has 0 saturated carbocycles. The minimum absolute atomic E-state index is 0.622. The van der Waals surface area contributed by atoms with Gasteiger partial charge in [-0.3, -0.25) is 0 Å². The molecule has 0 unspecified atom stereocenters. The Hall–Kier alpha value is -6.85. The number of fused-ring (bicyclic) bond motifs is 6. The summed E-state index contributed by atoms with van der Waals surface area (Å²) in [6, 6.07) is 55.7. The van der Waals surface area contributed by atoms with Crippen molar-refractivity contribution in [2.75, 3.05) is 0 Å². The number of nitrogens with zero attached hydrogens (tertiary/aromatic N) is 3. The first-order valence-electron chi connectivity index (χ1n) is 16.6. The van der Waals surface area contributed by atoms with E-state index in [9.17, 15) is 0 Å². The minimum Gasteiger partial charge on any atom is -0.456 e. The van der Waals surface area contributed by atoms with Gasteiger partial charge in [0.2, 0.25) is 0 Å². The first-order valence-corrected chi connectivity index (χ1v) is 16.6. The molecule has 0 saturated heterocycles. The van der Waals surface area contributed by atoms with Gasteiger partial charge < -0.3 is 8.83 Å². The molecular formula is C45H27N3O2. The second kappa shape index (κ2) is 11.4. The van der Waals surface area contributed by atoms with Crippen LogP contribution in [0.1, 0.15) is 0 Å². The Labute approximate surface area is 287 Å². The van der Waals surface area contributed by atoms with Crippen LogP contribution in [0.3, 0.4) is 0 Å². The maximum atomic E-state index is 6.43. The molecule has 0 aliphatic heterocycles. The molecule has 10 rings (SSSR count). The molecule has 3 aromatic heterocycles. The molecule has 0 aliphatic rings. The first-order chi connectivity index (χ1) is 24.7. The third-order valence-corrected chi connectivity index (χ3v) is 9.34. The van der Waals surface area contributed by atoms with Crippen molar-refractivity contribution in [1.82, 2.24) is 15.0 Å². The number of para-hydroxylation sites is 2. The summed E-state index contributed by atoms with van der Waals surface area (Å²) in [7, 11) is 0. The van der Waals surface area contributed by atoms with Crippen LogP contribution in [0.4, 0.5) is 0 Å². The SMILES string of the molecule is c1ccc(-c2nc(-c3ccccc3)nc(-c3cccc(-c4ccc5c(c4)oc4ccc(-c6cccc7c6oc6ccccc67)cc45)c3)n2)cc1. The molecule has 0 aliphatic carbocycles. The van der Waals surface area contributed by atoms with E-state index < -0.39 is 0 Å². The van der Waals surface area contributed by atoms with Gasteiger partial charge in [-0.15, -0.1) is 0 Å². The largest absolute Gasteiger partial charge is 0.456 e. The minimum atomic E-state index is 0.622. The average molecular weight is 642 g/mol. The normalized spacial score (nSPS) is 11.6. The number of aromatic nitrogens is 3. The average Bonchev–Trinajstić information content (AvgIpc) is 3.76. The van der Waals surface area contributed by atoms with Crippen molar-refractivity contribution in [1.29, 1.82) is 0 Å². The lowest BCUT2D eigenvalue weighted by Crippen LogP contribution is -2.00. The van der Waals surface area contributed by atoms with Gasteiger partial charge in [-0.1, -0.05) is 127 Å². The van der Waals surface area contributed by atoms with Gasteiger partial charge in [-0.25, -0.2) is 15.0 Å². The van der Waals surface area contributed by atoms with E-state index in [1.807, 2.05) is 84.9 Å². The zero-order valence-electron chi connectivity index (χ0n) is 26.7. The predicted octanol–water partition coefficient (Wildman–Crippen LogP) is 12.0. The quantitative estimate of drug-likeness (QED) is 0.187. The molecule has 0 atom stereocenters. The zero-order chi connectivity index (χ0) is 33.0. The van der Waals surface area contributed by atoms with E-state index in [-0.39, 0.29) is 0 Å². The molecular weight excluding hydrogens is 615 g/mol. The molecule has 0 N–H and O–H groups in total. The molecule has 0 amide bonds. The summed E-state index contributed by atoms with van der Waals surface area (Å²) in [4.78, 5) is 14.7. The van der Waals surface area contributed by atoms with E-state index in [2.05, 4.69) is 78.9 Å². The van der Waals surface area contributed by atoms with Crippen molar-refractivity contribution in [3.8, 4) is 56.4 Å². The van der Waals surface area contributed by atoms with Crippen LogP contribution < -0.4 is 0 Å². The third-order valence-electron chi connectivity index (χ3n) is 9.34. The maximum absolute atomic E-state index is 6.43. The number of hydrogen-bond acceptors (Lipinski definition) is 5. The number of furan rings is 2. The Bertz CT molecular complexity index is 2810. The summed E-state index contributed by atoms with van der Waals surface area (Å²) in [6.45, 7) is 0. The standard InChI is InChI=1S/C45H27N3O2/c1-3-11-28(12-4-1)43-46-44(29-13-5-2-6-14-29)48-45(47-43)33-16-9-15-30(25-33)31-21-23-36-38-26-32(22-24-40(38)49-41(36)27-31)34-18-10-19-37-35-17-7-8-20-39(35)50-42(34)37/h1-27H. The fourth-order valence-electron chi connectivity index (χ4n) is 6.87. The molecule has 5 heteroatoms. The predicted molar refractivity (Wildman–Crippen MR) is 202 cm³/mol. The number of rotatable bonds is 5. The lowest BCUT2D eigenvalue weighted by atomic mass is 9.99. The summed E-state index contributed by atoms with van der Waals surface area (Å²) >= 11 is 0. The van der Waals surface area contributed by atoms with Crippen LogP contribution in [-0.2, 0) is 0 Å². The van der Waals surface area contributed by atoms with Gasteiger partial charge in [0.05, 0.1) is 0 Å². The first kappa shape index (κ1) is 28.2. The Morgan fingerprint density at radius 2 is 0.860 bits per heavy atom. The Balaban J connectivity index is 1.05. The fourth-order valence-corrected chi connectivity index (χ4v) is 6.87. The zero-order valence-corrected chi connectivity index (χ0v) is 26.7. The smallest absolute Gasteiger partial charge is 0.164 e. The molecule has 0 bridgehead atoms. The van der Waals surface area contributed by atoms with Crippen LogP contribution >= 0.6 is 0 Å². The van der Waals surface area contributed by atoms with E-state index >= 15 is 0 Å². The van der Waals surface area contributed by atoms with E-state index in [0.29, 0.717) is 17.5 Å². The van der Waals surface area contributed by atoms with E-state index in [4.69, 9.17) is 23.8 Å². The summed E-state index contributed by atoms with van der Waals surface area (Å²) in [5, 5.41) is 4.38. The van der Waals surface area contributed by atoms with Crippen molar-refractivity contribution in [3.05, 3.63) is 164 Å². The number of hydrogen-bond donors (Lipinski definition) is 0. The molecule has 50 heavy (non-hydrogen) atoms. The Morgan fingerprint density at radius 1 is 0.300 bits per heavy atom. The van der Waals surface area contributed by atoms with Gasteiger partial charge in [-0.2, -0.15) is 0 Å². The van der Waals surface area contributed by atoms with Crippen LogP contribution in [-0.4, -0.2) is 15.0 Å². The molecule has 10 aromatic rings. The topological polar surface area (TPSA) is 65.0 Å². The molecule has 3 heterocycles. The lowest BCUT2D eigenvalue weighted by Gasteiger charge is -2.09. The third kappa shape index (κ3) is 4.75. The van der Waals surface area contributed by atoms with Crippen molar-refractivity contribution < 1.29 is 8.83 Å². The van der Waals surface area contributed by atoms with Crippen LogP contribution in [0.25, 0.3) is 100 Å². The van der Waals surface area contributed by atoms with Crippen LogP contribution in [0.15, 0.2) is 173 Å².